The molecule has 1 saturated heterocycles. The second-order valence-electron chi connectivity index (χ2n) is 6.57. The van der Waals surface area contributed by atoms with Gasteiger partial charge in [-0.1, -0.05) is 6.92 Å². The monoisotopic (exact) mass is 299 g/mol. The van der Waals surface area contributed by atoms with E-state index < -0.39 is 0 Å². The molecule has 0 spiro atoms. The lowest BCUT2D eigenvalue weighted by Gasteiger charge is -2.19. The summed E-state index contributed by atoms with van der Waals surface area (Å²) in [7, 11) is 0. The highest BCUT2D eigenvalue weighted by atomic mass is 16.3. The lowest BCUT2D eigenvalue weighted by Crippen LogP contribution is -2.26. The summed E-state index contributed by atoms with van der Waals surface area (Å²) in [4.78, 5) is 15.7. The van der Waals surface area contributed by atoms with Crippen LogP contribution in [-0.2, 0) is 13.2 Å². The Morgan fingerprint density at radius 1 is 1.27 bits per heavy atom. The van der Waals surface area contributed by atoms with E-state index in [1.165, 1.54) is 0 Å². The van der Waals surface area contributed by atoms with E-state index in [1.54, 1.807) is 6.33 Å². The maximum atomic E-state index is 9.07. The summed E-state index contributed by atoms with van der Waals surface area (Å²) in [6, 6.07) is 0. The lowest BCUT2D eigenvalue weighted by atomic mass is 10.2. The van der Waals surface area contributed by atoms with Crippen LogP contribution in [0.5, 0.6) is 0 Å². The van der Waals surface area contributed by atoms with Crippen molar-refractivity contribution in [2.75, 3.05) is 18.0 Å². The second kappa shape index (κ2) is 5.05. The highest BCUT2D eigenvalue weighted by molar-refractivity contribution is 5.37. The average molecular weight is 299 g/mol. The lowest BCUT2D eigenvalue weighted by molar-refractivity contribution is 0.277. The molecule has 2 aliphatic rings. The van der Waals surface area contributed by atoms with E-state index in [0.717, 1.165) is 48.0 Å². The highest BCUT2D eigenvalue weighted by Crippen LogP contribution is 2.51. The van der Waals surface area contributed by atoms with Crippen LogP contribution in [0, 0.1) is 24.7 Å². The van der Waals surface area contributed by atoms with Crippen LogP contribution in [0.15, 0.2) is 18.7 Å². The van der Waals surface area contributed by atoms with E-state index in [2.05, 4.69) is 26.8 Å². The van der Waals surface area contributed by atoms with E-state index >= 15 is 0 Å². The van der Waals surface area contributed by atoms with Crippen molar-refractivity contribution in [3.8, 4) is 0 Å². The van der Waals surface area contributed by atoms with Crippen LogP contribution in [0.4, 0.5) is 5.95 Å². The number of aryl methyl sites for hydroxylation is 1. The quantitative estimate of drug-likeness (QED) is 0.919. The van der Waals surface area contributed by atoms with E-state index in [0.29, 0.717) is 12.2 Å². The molecule has 1 saturated carbocycles. The summed E-state index contributed by atoms with van der Waals surface area (Å²) in [6.45, 7) is 7.23. The molecule has 0 amide bonds. The van der Waals surface area contributed by atoms with Crippen molar-refractivity contribution in [1.82, 2.24) is 19.5 Å². The van der Waals surface area contributed by atoms with Crippen molar-refractivity contribution >= 4 is 5.95 Å². The smallest absolute Gasteiger partial charge is 0.225 e. The highest BCUT2D eigenvalue weighted by Gasteiger charge is 2.53. The number of piperidine rings is 1. The summed E-state index contributed by atoms with van der Waals surface area (Å²) in [5.41, 5.74) is 2.78. The van der Waals surface area contributed by atoms with E-state index in [9.17, 15) is 0 Å². The molecule has 22 heavy (non-hydrogen) atoms. The molecule has 0 aromatic carbocycles. The van der Waals surface area contributed by atoms with Gasteiger partial charge in [0.25, 0.3) is 0 Å². The molecule has 6 nitrogen and oxygen atoms in total. The van der Waals surface area contributed by atoms with E-state index in [4.69, 9.17) is 5.11 Å². The Labute approximate surface area is 129 Å². The molecule has 0 bridgehead atoms. The molecule has 4 rings (SSSR count). The maximum absolute atomic E-state index is 9.07. The number of fused-ring (bicyclic) bond motifs is 1. The van der Waals surface area contributed by atoms with Crippen molar-refractivity contribution in [1.29, 1.82) is 0 Å². The van der Waals surface area contributed by atoms with Crippen molar-refractivity contribution in [3.63, 3.8) is 0 Å². The van der Waals surface area contributed by atoms with Gasteiger partial charge in [-0.2, -0.15) is 0 Å². The average Bonchev–Trinajstić information content (AvgIpc) is 2.95. The Kier molecular flexibility index (Phi) is 3.14. The van der Waals surface area contributed by atoms with Crippen LogP contribution in [0.25, 0.3) is 0 Å². The molecule has 6 heteroatoms. The van der Waals surface area contributed by atoms with Gasteiger partial charge in [0.2, 0.25) is 5.95 Å². The molecule has 1 N–H and O–H groups in total. The van der Waals surface area contributed by atoms with Crippen molar-refractivity contribution < 1.29 is 5.11 Å². The number of rotatable bonds is 4. The molecule has 2 aromatic rings. The number of hydrogen-bond donors (Lipinski definition) is 1. The number of aromatic nitrogens is 4. The minimum Gasteiger partial charge on any atom is -0.390 e. The zero-order chi connectivity index (χ0) is 15.3. The first-order valence-corrected chi connectivity index (χ1v) is 7.84. The molecule has 3 heterocycles. The minimum absolute atomic E-state index is 0.0306. The number of aliphatic hydroxyl groups is 1. The molecule has 2 aromatic heterocycles. The number of anilines is 1. The summed E-state index contributed by atoms with van der Waals surface area (Å²) < 4.78 is 1.95. The van der Waals surface area contributed by atoms with Gasteiger partial charge in [0.1, 0.15) is 0 Å². The molecule has 3 atom stereocenters. The Balaban J connectivity index is 1.48. The van der Waals surface area contributed by atoms with Gasteiger partial charge in [0, 0.05) is 36.7 Å². The Morgan fingerprint density at radius 2 is 2.05 bits per heavy atom. The van der Waals surface area contributed by atoms with Gasteiger partial charge < -0.3 is 14.6 Å². The molecule has 1 aliphatic carbocycles. The third kappa shape index (κ3) is 2.27. The molecular formula is C16H21N5O. The van der Waals surface area contributed by atoms with Crippen molar-refractivity contribution in [3.05, 3.63) is 35.7 Å². The number of hydrogen-bond acceptors (Lipinski definition) is 5. The summed E-state index contributed by atoms with van der Waals surface area (Å²) in [5, 5.41) is 9.07. The normalized spacial score (nSPS) is 26.3. The van der Waals surface area contributed by atoms with Gasteiger partial charge in [-0.05, 0) is 24.7 Å². The molecule has 0 radical (unpaired) electrons. The van der Waals surface area contributed by atoms with Gasteiger partial charge in [0.05, 0.1) is 25.2 Å². The summed E-state index contributed by atoms with van der Waals surface area (Å²) >= 11 is 0. The number of nitrogens with zero attached hydrogens (tertiary/aromatic N) is 5. The fraction of sp³-hybridized carbons (Fsp3) is 0.562. The summed E-state index contributed by atoms with van der Waals surface area (Å²) in [6.07, 6.45) is 5.50. The van der Waals surface area contributed by atoms with Gasteiger partial charge >= 0.3 is 0 Å². The van der Waals surface area contributed by atoms with Crippen LogP contribution in [0.2, 0.25) is 0 Å². The first kappa shape index (κ1) is 13.7. The second-order valence-corrected chi connectivity index (χ2v) is 6.57. The van der Waals surface area contributed by atoms with Gasteiger partial charge in [-0.25, -0.2) is 15.0 Å². The fourth-order valence-corrected chi connectivity index (χ4v) is 3.55. The molecule has 1 unspecified atom stereocenters. The van der Waals surface area contributed by atoms with Crippen molar-refractivity contribution in [2.45, 2.75) is 27.0 Å². The minimum atomic E-state index is -0.0306. The third-order valence-electron chi connectivity index (χ3n) is 5.17. The zero-order valence-electron chi connectivity index (χ0n) is 13.0. The van der Waals surface area contributed by atoms with Gasteiger partial charge in [-0.15, -0.1) is 0 Å². The van der Waals surface area contributed by atoms with E-state index in [-0.39, 0.29) is 6.61 Å². The van der Waals surface area contributed by atoms with Crippen molar-refractivity contribution in [2.24, 2.45) is 17.8 Å². The molecule has 1 aliphatic heterocycles. The van der Waals surface area contributed by atoms with Crippen LogP contribution in [0.3, 0.4) is 0 Å². The topological polar surface area (TPSA) is 67.1 Å². The Bertz CT molecular complexity index is 686. The largest absolute Gasteiger partial charge is 0.390 e. The molecule has 116 valence electrons. The fourth-order valence-electron chi connectivity index (χ4n) is 3.55. The van der Waals surface area contributed by atoms with Gasteiger partial charge in [-0.3, -0.25) is 0 Å². The SMILES string of the molecule is Cc1nc(N2C[C@@H]3C(C)[C@@H]3C2)ncc1Cn1cnc(CO)c1. The van der Waals surface area contributed by atoms with Crippen LogP contribution < -0.4 is 4.90 Å². The predicted molar refractivity (Wildman–Crippen MR) is 82.4 cm³/mol. The van der Waals surface area contributed by atoms with Crippen LogP contribution in [0.1, 0.15) is 23.9 Å². The van der Waals surface area contributed by atoms with Gasteiger partial charge in [0.15, 0.2) is 0 Å². The number of imidazole rings is 1. The summed E-state index contributed by atoms with van der Waals surface area (Å²) in [5.74, 6) is 3.46. The Hall–Kier alpha value is -1.95. The Morgan fingerprint density at radius 3 is 2.68 bits per heavy atom. The molecule has 2 fully saturated rings. The first-order valence-electron chi connectivity index (χ1n) is 7.84. The first-order chi connectivity index (χ1) is 10.7. The van der Waals surface area contributed by atoms with E-state index in [1.807, 2.05) is 23.9 Å². The predicted octanol–water partition coefficient (Wildman–Crippen LogP) is 1.22. The standard InChI is InChI=1S/C16H21N5O/c1-10-14-6-21(7-15(10)14)16-17-3-12(11(2)19-16)4-20-5-13(8-22)18-9-20/h3,5,9-10,14-15,22H,4,6-8H2,1-2H3/t10?,14-,15+. The van der Waals surface area contributed by atoms with Crippen LogP contribution in [-0.4, -0.2) is 37.7 Å². The molecular weight excluding hydrogens is 278 g/mol. The number of aliphatic hydroxyl groups excluding tert-OH is 1. The van der Waals surface area contributed by atoms with Crippen LogP contribution >= 0.6 is 0 Å². The zero-order valence-corrected chi connectivity index (χ0v) is 13.0. The third-order valence-corrected chi connectivity index (χ3v) is 5.17. The maximum Gasteiger partial charge on any atom is 0.225 e.